The monoisotopic (exact) mass is 228 g/mol. The van der Waals surface area contributed by atoms with E-state index >= 15 is 0 Å². The van der Waals surface area contributed by atoms with E-state index in [0.717, 1.165) is 0 Å². The number of benzene rings is 1. The summed E-state index contributed by atoms with van der Waals surface area (Å²) in [7, 11) is 0. The van der Waals surface area contributed by atoms with Gasteiger partial charge in [-0.1, -0.05) is 17.7 Å². The van der Waals surface area contributed by atoms with Crippen molar-refractivity contribution in [1.82, 2.24) is 0 Å². The number of esters is 1. The predicted molar refractivity (Wildman–Crippen MR) is 57.1 cm³/mol. The van der Waals surface area contributed by atoms with Crippen molar-refractivity contribution in [2.75, 3.05) is 6.61 Å². The van der Waals surface area contributed by atoms with Gasteiger partial charge >= 0.3 is 5.97 Å². The fourth-order valence-corrected chi connectivity index (χ4v) is 1.16. The molecule has 0 fully saturated rings. The average molecular weight is 229 g/mol. The first-order chi connectivity index (χ1) is 7.13. The number of carbonyl (C=O) groups excluding carboxylic acids is 1. The fourth-order valence-electron chi connectivity index (χ4n) is 0.971. The molecule has 0 saturated heterocycles. The highest BCUT2D eigenvalue weighted by Crippen LogP contribution is 2.16. The summed E-state index contributed by atoms with van der Waals surface area (Å²) in [6, 6.07) is 4.21. The Kier molecular flexibility index (Phi) is 4.31. The number of ether oxygens (including phenoxy) is 1. The molecular formula is C11H10ClFO2. The van der Waals surface area contributed by atoms with Gasteiger partial charge in [0.15, 0.2) is 0 Å². The third-order valence-electron chi connectivity index (χ3n) is 1.64. The molecule has 0 N–H and O–H groups in total. The van der Waals surface area contributed by atoms with E-state index in [1.807, 2.05) is 0 Å². The number of hydrogen-bond donors (Lipinski definition) is 0. The Morgan fingerprint density at radius 1 is 1.60 bits per heavy atom. The van der Waals surface area contributed by atoms with Crippen LogP contribution in [0.4, 0.5) is 4.39 Å². The zero-order chi connectivity index (χ0) is 11.3. The van der Waals surface area contributed by atoms with E-state index in [9.17, 15) is 9.18 Å². The molecule has 80 valence electrons. The molecule has 0 radical (unpaired) electrons. The Labute approximate surface area is 92.3 Å². The summed E-state index contributed by atoms with van der Waals surface area (Å²) >= 11 is 5.57. The van der Waals surface area contributed by atoms with Gasteiger partial charge in [-0.15, -0.1) is 0 Å². The van der Waals surface area contributed by atoms with Crippen molar-refractivity contribution in [2.45, 2.75) is 6.92 Å². The normalized spacial score (nSPS) is 10.6. The molecule has 0 spiro atoms. The summed E-state index contributed by atoms with van der Waals surface area (Å²) < 4.78 is 17.5. The van der Waals surface area contributed by atoms with Gasteiger partial charge in [-0.25, -0.2) is 9.18 Å². The average Bonchev–Trinajstić information content (AvgIpc) is 2.20. The van der Waals surface area contributed by atoms with Gasteiger partial charge in [0.05, 0.1) is 11.6 Å². The second kappa shape index (κ2) is 5.51. The molecule has 0 unspecified atom stereocenters. The van der Waals surface area contributed by atoms with E-state index in [0.29, 0.717) is 12.2 Å². The lowest BCUT2D eigenvalue weighted by Crippen LogP contribution is -1.98. The Morgan fingerprint density at radius 2 is 2.33 bits per heavy atom. The standard InChI is InChI=1S/C11H10ClFO2/c1-2-15-11(14)6-4-8-3-5-10(13)9(12)7-8/h3-7H,2H2,1H3. The zero-order valence-corrected chi connectivity index (χ0v) is 8.92. The lowest BCUT2D eigenvalue weighted by molar-refractivity contribution is -0.137. The van der Waals surface area contributed by atoms with Crippen LogP contribution in [-0.2, 0) is 9.53 Å². The van der Waals surface area contributed by atoms with E-state index in [2.05, 4.69) is 4.74 Å². The van der Waals surface area contributed by atoms with Crippen LogP contribution in [-0.4, -0.2) is 12.6 Å². The van der Waals surface area contributed by atoms with Crippen LogP contribution in [0.5, 0.6) is 0 Å². The summed E-state index contributed by atoms with van der Waals surface area (Å²) in [6.07, 6.45) is 2.79. The van der Waals surface area contributed by atoms with Crippen LogP contribution in [0.25, 0.3) is 6.08 Å². The fraction of sp³-hybridized carbons (Fsp3) is 0.182. The second-order valence-electron chi connectivity index (χ2n) is 2.76. The Morgan fingerprint density at radius 3 is 2.93 bits per heavy atom. The third-order valence-corrected chi connectivity index (χ3v) is 1.93. The van der Waals surface area contributed by atoms with Crippen LogP contribution in [0.1, 0.15) is 12.5 Å². The first-order valence-corrected chi connectivity index (χ1v) is 4.81. The maximum absolute atomic E-state index is 12.8. The molecule has 1 rings (SSSR count). The number of hydrogen-bond acceptors (Lipinski definition) is 2. The Hall–Kier alpha value is -1.35. The number of carbonyl (C=O) groups is 1. The highest BCUT2D eigenvalue weighted by Gasteiger charge is 1.99. The van der Waals surface area contributed by atoms with Crippen molar-refractivity contribution in [3.05, 3.63) is 40.7 Å². The first kappa shape index (κ1) is 11.7. The summed E-state index contributed by atoms with van der Waals surface area (Å²) in [5, 5.41) is 0.0287. The van der Waals surface area contributed by atoms with Gasteiger partial charge in [0.1, 0.15) is 5.82 Å². The van der Waals surface area contributed by atoms with Crippen molar-refractivity contribution in [3.8, 4) is 0 Å². The molecule has 0 atom stereocenters. The maximum atomic E-state index is 12.8. The SMILES string of the molecule is CCOC(=O)C=Cc1ccc(F)c(Cl)c1. The zero-order valence-electron chi connectivity index (χ0n) is 8.17. The van der Waals surface area contributed by atoms with Crippen molar-refractivity contribution >= 4 is 23.6 Å². The minimum absolute atomic E-state index is 0.0287. The van der Waals surface area contributed by atoms with E-state index in [4.69, 9.17) is 11.6 Å². The van der Waals surface area contributed by atoms with Crippen LogP contribution in [0.2, 0.25) is 5.02 Å². The molecule has 0 aromatic heterocycles. The van der Waals surface area contributed by atoms with Crippen molar-refractivity contribution < 1.29 is 13.9 Å². The van der Waals surface area contributed by atoms with Crippen LogP contribution >= 0.6 is 11.6 Å². The lowest BCUT2D eigenvalue weighted by atomic mass is 10.2. The van der Waals surface area contributed by atoms with Gasteiger partial charge in [0, 0.05) is 6.08 Å². The van der Waals surface area contributed by atoms with E-state index < -0.39 is 11.8 Å². The lowest BCUT2D eigenvalue weighted by Gasteiger charge is -1.97. The van der Waals surface area contributed by atoms with E-state index in [1.165, 1.54) is 30.4 Å². The van der Waals surface area contributed by atoms with Crippen molar-refractivity contribution in [3.63, 3.8) is 0 Å². The highest BCUT2D eigenvalue weighted by molar-refractivity contribution is 6.30. The molecule has 4 heteroatoms. The molecular weight excluding hydrogens is 219 g/mol. The molecule has 0 saturated carbocycles. The Bertz CT molecular complexity index is 388. The largest absolute Gasteiger partial charge is 0.463 e. The van der Waals surface area contributed by atoms with Gasteiger partial charge in [-0.3, -0.25) is 0 Å². The summed E-state index contributed by atoms with van der Waals surface area (Å²) in [4.78, 5) is 11.0. The molecule has 1 aromatic rings. The first-order valence-electron chi connectivity index (χ1n) is 4.43. The van der Waals surface area contributed by atoms with Crippen LogP contribution in [0, 0.1) is 5.82 Å². The molecule has 0 amide bonds. The molecule has 0 aliphatic rings. The van der Waals surface area contributed by atoms with Crippen LogP contribution < -0.4 is 0 Å². The van der Waals surface area contributed by atoms with Gasteiger partial charge in [0.25, 0.3) is 0 Å². The van der Waals surface area contributed by atoms with Gasteiger partial charge in [-0.2, -0.15) is 0 Å². The van der Waals surface area contributed by atoms with Gasteiger partial charge in [0.2, 0.25) is 0 Å². The highest BCUT2D eigenvalue weighted by atomic mass is 35.5. The minimum Gasteiger partial charge on any atom is -0.463 e. The maximum Gasteiger partial charge on any atom is 0.330 e. The molecule has 15 heavy (non-hydrogen) atoms. The predicted octanol–water partition coefficient (Wildman–Crippen LogP) is 3.06. The van der Waals surface area contributed by atoms with Crippen LogP contribution in [0.3, 0.4) is 0 Å². The van der Waals surface area contributed by atoms with E-state index in [-0.39, 0.29) is 5.02 Å². The van der Waals surface area contributed by atoms with Gasteiger partial charge in [-0.05, 0) is 30.7 Å². The van der Waals surface area contributed by atoms with Crippen molar-refractivity contribution in [2.24, 2.45) is 0 Å². The molecule has 0 aliphatic heterocycles. The smallest absolute Gasteiger partial charge is 0.330 e. The summed E-state index contributed by atoms with van der Waals surface area (Å²) in [5.41, 5.74) is 0.648. The molecule has 0 bridgehead atoms. The molecule has 2 nitrogen and oxygen atoms in total. The summed E-state index contributed by atoms with van der Waals surface area (Å²) in [5.74, 6) is -0.914. The minimum atomic E-state index is -0.482. The molecule has 1 aromatic carbocycles. The summed E-state index contributed by atoms with van der Waals surface area (Å²) in [6.45, 7) is 2.05. The van der Waals surface area contributed by atoms with Crippen molar-refractivity contribution in [1.29, 1.82) is 0 Å². The Balaban J connectivity index is 2.72. The van der Waals surface area contributed by atoms with Gasteiger partial charge < -0.3 is 4.74 Å². The molecule has 0 aliphatic carbocycles. The topological polar surface area (TPSA) is 26.3 Å². The number of halogens is 2. The van der Waals surface area contributed by atoms with Crippen LogP contribution in [0.15, 0.2) is 24.3 Å². The second-order valence-corrected chi connectivity index (χ2v) is 3.17. The molecule has 0 heterocycles. The van der Waals surface area contributed by atoms with E-state index in [1.54, 1.807) is 6.92 Å². The number of rotatable bonds is 3. The third kappa shape index (κ3) is 3.72. The quantitative estimate of drug-likeness (QED) is 0.587.